The van der Waals surface area contributed by atoms with Gasteiger partial charge in [0.2, 0.25) is 0 Å². The first-order valence-corrected chi connectivity index (χ1v) is 16.4. The van der Waals surface area contributed by atoms with E-state index in [4.69, 9.17) is 9.47 Å². The molecule has 13 nitrogen and oxygen atoms in total. The molecule has 0 spiro atoms. The van der Waals surface area contributed by atoms with Gasteiger partial charge in [-0.1, -0.05) is 71.6 Å². The number of nitrogens with zero attached hydrogens (tertiary/aromatic N) is 2. The van der Waals surface area contributed by atoms with E-state index in [0.717, 1.165) is 36.3 Å². The molecule has 1 heterocycles. The van der Waals surface area contributed by atoms with Crippen molar-refractivity contribution < 1.29 is 37.1 Å². The Hall–Kier alpha value is -4.72. The van der Waals surface area contributed by atoms with Crippen LogP contribution in [-0.2, 0) is 24.3 Å². The second-order valence-corrected chi connectivity index (χ2v) is 13.2. The van der Waals surface area contributed by atoms with E-state index >= 15 is 0 Å². The average Bonchev–Trinajstić information content (AvgIpc) is 3.48. The van der Waals surface area contributed by atoms with Gasteiger partial charge >= 0.3 is 6.09 Å². The molecule has 1 unspecified atom stereocenters. The van der Waals surface area contributed by atoms with Crippen LogP contribution in [0.3, 0.4) is 0 Å². The van der Waals surface area contributed by atoms with Crippen LogP contribution in [0.4, 0.5) is 16.2 Å². The Labute approximate surface area is 269 Å². The lowest BCUT2D eigenvalue weighted by molar-refractivity contribution is -0.135. The van der Waals surface area contributed by atoms with E-state index in [9.17, 15) is 27.6 Å². The quantitative estimate of drug-likeness (QED) is 0.144. The number of Topliss-reactive ketones (excluding diaryl/α,β-unsaturated/α-hetero) is 1. The summed E-state index contributed by atoms with van der Waals surface area (Å²) in [6.45, 7) is 7.02. The highest BCUT2D eigenvalue weighted by atomic mass is 32.2. The largest absolute Gasteiger partial charge is 0.495 e. The number of carbonyl (C=O) groups excluding carboxylic acids is 4. The molecule has 3 aromatic rings. The lowest BCUT2D eigenvalue weighted by Crippen LogP contribution is -2.40. The molecule has 0 aliphatic carbocycles. The molecule has 248 valence electrons. The predicted molar refractivity (Wildman–Crippen MR) is 172 cm³/mol. The molecule has 0 saturated heterocycles. The lowest BCUT2D eigenvalue weighted by atomic mass is 9.86. The molecule has 1 atom stereocenters. The average molecular weight is 656 g/mol. The Bertz CT molecular complexity index is 1630. The van der Waals surface area contributed by atoms with E-state index < -0.39 is 45.2 Å². The van der Waals surface area contributed by atoms with E-state index in [-0.39, 0.29) is 28.8 Å². The monoisotopic (exact) mass is 655 g/mol. The minimum absolute atomic E-state index is 0.0673. The molecule has 2 aromatic carbocycles. The standard InChI is InChI=1S/C32H41N5O8S/c1-6-7-8-9-13-20-45-31(41)36-46(42,43)23-16-17-25(44-5)24(21-23)35-29(39)26(27(38)32(2,3)4)37-19-18-33-28(37)30(40)34-22-14-11-10-12-15-22/h10-12,14-19,21,26H,6-9,13,20H2,1-5H3,(H,34,40)(H,35,39)(H,36,41). The van der Waals surface area contributed by atoms with Crippen LogP contribution in [0.1, 0.15) is 76.5 Å². The zero-order valence-corrected chi connectivity index (χ0v) is 27.5. The van der Waals surface area contributed by atoms with E-state index in [0.29, 0.717) is 12.1 Å². The van der Waals surface area contributed by atoms with Crippen molar-refractivity contribution in [2.45, 2.75) is 70.7 Å². The second kappa shape index (κ2) is 16.0. The number of para-hydroxylation sites is 1. The Balaban J connectivity index is 1.86. The predicted octanol–water partition coefficient (Wildman–Crippen LogP) is 5.32. The molecule has 0 bridgehead atoms. The maximum Gasteiger partial charge on any atom is 0.421 e. The van der Waals surface area contributed by atoms with E-state index in [1.54, 1.807) is 51.1 Å². The van der Waals surface area contributed by atoms with Gasteiger partial charge in [-0.15, -0.1) is 0 Å². The van der Waals surface area contributed by atoms with Gasteiger partial charge in [-0.3, -0.25) is 14.4 Å². The Morgan fingerprint density at radius 1 is 0.957 bits per heavy atom. The number of anilines is 2. The smallest absolute Gasteiger partial charge is 0.421 e. The highest BCUT2D eigenvalue weighted by Crippen LogP contribution is 2.31. The van der Waals surface area contributed by atoms with Crippen molar-refractivity contribution in [2.75, 3.05) is 24.4 Å². The third kappa shape index (κ3) is 9.64. The van der Waals surface area contributed by atoms with Crippen LogP contribution in [0.25, 0.3) is 0 Å². The van der Waals surface area contributed by atoms with Crippen molar-refractivity contribution in [2.24, 2.45) is 5.41 Å². The molecule has 3 rings (SSSR count). The van der Waals surface area contributed by atoms with Crippen LogP contribution >= 0.6 is 0 Å². The number of hydrogen-bond donors (Lipinski definition) is 3. The summed E-state index contributed by atoms with van der Waals surface area (Å²) in [7, 11) is -3.10. The molecule has 0 saturated carbocycles. The number of methoxy groups -OCH3 is 1. The highest BCUT2D eigenvalue weighted by Gasteiger charge is 2.38. The number of sulfonamides is 1. The number of aromatic nitrogens is 2. The van der Waals surface area contributed by atoms with Crippen molar-refractivity contribution >= 4 is 45.1 Å². The molecule has 46 heavy (non-hydrogen) atoms. The van der Waals surface area contributed by atoms with Gasteiger partial charge in [-0.2, -0.15) is 0 Å². The number of rotatable bonds is 15. The number of hydrogen-bond acceptors (Lipinski definition) is 9. The number of amides is 3. The Morgan fingerprint density at radius 3 is 2.30 bits per heavy atom. The molecular weight excluding hydrogens is 614 g/mol. The van der Waals surface area contributed by atoms with Gasteiger partial charge in [0.1, 0.15) is 5.75 Å². The second-order valence-electron chi connectivity index (χ2n) is 11.5. The number of nitrogens with one attached hydrogen (secondary N) is 3. The first-order chi connectivity index (χ1) is 21.8. The van der Waals surface area contributed by atoms with Gasteiger partial charge < -0.3 is 24.7 Å². The van der Waals surface area contributed by atoms with E-state index in [2.05, 4.69) is 22.5 Å². The zero-order chi connectivity index (χ0) is 33.9. The van der Waals surface area contributed by atoms with Crippen molar-refractivity contribution in [3.8, 4) is 5.75 Å². The fourth-order valence-corrected chi connectivity index (χ4v) is 5.33. The summed E-state index contributed by atoms with van der Waals surface area (Å²) in [6, 6.07) is 10.6. The van der Waals surface area contributed by atoms with E-state index in [1.165, 1.54) is 31.6 Å². The number of benzene rings is 2. The minimum Gasteiger partial charge on any atom is -0.495 e. The van der Waals surface area contributed by atoms with Crippen LogP contribution in [0.2, 0.25) is 0 Å². The third-order valence-electron chi connectivity index (χ3n) is 6.86. The highest BCUT2D eigenvalue weighted by molar-refractivity contribution is 7.90. The maximum atomic E-state index is 13.8. The molecule has 14 heteroatoms. The third-order valence-corrected chi connectivity index (χ3v) is 8.17. The first-order valence-electron chi connectivity index (χ1n) is 14.9. The summed E-state index contributed by atoms with van der Waals surface area (Å²) in [5.74, 6) is -2.19. The zero-order valence-electron chi connectivity index (χ0n) is 26.7. The molecule has 0 aliphatic rings. The fourth-order valence-electron chi connectivity index (χ4n) is 4.41. The summed E-state index contributed by atoms with van der Waals surface area (Å²) in [6.07, 6.45) is 6.08. The van der Waals surface area contributed by atoms with Gasteiger partial charge in [0.15, 0.2) is 17.6 Å². The number of ether oxygens (including phenoxy) is 2. The summed E-state index contributed by atoms with van der Waals surface area (Å²) in [5.41, 5.74) is -0.645. The van der Waals surface area contributed by atoms with E-state index in [1.807, 2.05) is 4.72 Å². The van der Waals surface area contributed by atoms with Gasteiger partial charge in [0, 0.05) is 23.5 Å². The van der Waals surface area contributed by atoms with Crippen molar-refractivity contribution in [3.05, 3.63) is 66.7 Å². The number of imidazole rings is 1. The van der Waals surface area contributed by atoms with Crippen LogP contribution in [0, 0.1) is 5.41 Å². The van der Waals surface area contributed by atoms with Crippen LogP contribution in [0.15, 0.2) is 65.8 Å². The van der Waals surface area contributed by atoms with Gasteiger partial charge in [0.25, 0.3) is 21.8 Å². The van der Waals surface area contributed by atoms with Crippen LogP contribution in [-0.4, -0.2) is 55.4 Å². The van der Waals surface area contributed by atoms with Crippen molar-refractivity contribution in [1.82, 2.24) is 14.3 Å². The molecular formula is C32H41N5O8S. The molecule has 0 aliphatic heterocycles. The van der Waals surface area contributed by atoms with Gasteiger partial charge in [-0.05, 0) is 36.8 Å². The Kier molecular flexibility index (Phi) is 12.5. The number of ketones is 1. The lowest BCUT2D eigenvalue weighted by Gasteiger charge is -2.26. The molecule has 0 fully saturated rings. The van der Waals surface area contributed by atoms with Crippen LogP contribution < -0.4 is 20.1 Å². The summed E-state index contributed by atoms with van der Waals surface area (Å²) in [5, 5.41) is 5.26. The fraction of sp³-hybridized carbons (Fsp3) is 0.406. The summed E-state index contributed by atoms with van der Waals surface area (Å²) >= 11 is 0. The number of carbonyl (C=O) groups is 4. The maximum absolute atomic E-state index is 13.8. The topological polar surface area (TPSA) is 175 Å². The Morgan fingerprint density at radius 2 is 1.65 bits per heavy atom. The van der Waals surface area contributed by atoms with Gasteiger partial charge in [0.05, 0.1) is 24.3 Å². The molecule has 3 N–H and O–H groups in total. The number of unbranched alkanes of at least 4 members (excludes halogenated alkanes) is 4. The molecule has 3 amide bonds. The van der Waals surface area contributed by atoms with Crippen molar-refractivity contribution in [3.63, 3.8) is 0 Å². The minimum atomic E-state index is -4.41. The van der Waals surface area contributed by atoms with Crippen molar-refractivity contribution in [1.29, 1.82) is 0 Å². The molecule has 1 aromatic heterocycles. The van der Waals surface area contributed by atoms with Crippen LogP contribution in [0.5, 0.6) is 5.75 Å². The molecule has 0 radical (unpaired) electrons. The van der Waals surface area contributed by atoms with Gasteiger partial charge in [-0.25, -0.2) is 22.9 Å². The summed E-state index contributed by atoms with van der Waals surface area (Å²) in [4.78, 5) is 56.6. The SMILES string of the molecule is CCCCCCCOC(=O)NS(=O)(=O)c1ccc(OC)c(NC(=O)C(C(=O)C(C)(C)C)n2ccnc2C(=O)Nc2ccccc2)c1. The first kappa shape index (κ1) is 35.8. The normalized spacial score (nSPS) is 12.1. The summed E-state index contributed by atoms with van der Waals surface area (Å²) < 4.78 is 39.4.